The van der Waals surface area contributed by atoms with E-state index in [1.807, 2.05) is 6.92 Å². The maximum absolute atomic E-state index is 11.4. The van der Waals surface area contributed by atoms with Crippen LogP contribution in [0.5, 0.6) is 0 Å². The molecule has 5 heteroatoms. The second-order valence-electron chi connectivity index (χ2n) is 3.55. The van der Waals surface area contributed by atoms with Gasteiger partial charge in [-0.15, -0.1) is 0 Å². The minimum atomic E-state index is -0.407. The zero-order valence-electron chi connectivity index (χ0n) is 8.70. The summed E-state index contributed by atoms with van der Waals surface area (Å²) < 4.78 is 1.41. The van der Waals surface area contributed by atoms with Gasteiger partial charge in [-0.1, -0.05) is 13.3 Å². The molecule has 2 rings (SSSR count). The van der Waals surface area contributed by atoms with E-state index in [1.165, 1.54) is 4.57 Å². The Labute approximate surface area is 86.4 Å². The van der Waals surface area contributed by atoms with Crippen molar-refractivity contribution in [3.05, 3.63) is 32.2 Å². The predicted molar refractivity (Wildman–Crippen MR) is 57.0 cm³/mol. The molecule has 15 heavy (non-hydrogen) atoms. The summed E-state index contributed by atoms with van der Waals surface area (Å²) in [6.07, 6.45) is 3.59. The Morgan fingerprint density at radius 1 is 1.47 bits per heavy atom. The molecule has 0 fully saturated rings. The molecule has 0 aliphatic carbocycles. The Kier molecular flexibility index (Phi) is 2.22. The molecule has 0 spiro atoms. The molecule has 5 nitrogen and oxygen atoms in total. The van der Waals surface area contributed by atoms with Crippen LogP contribution in [0.1, 0.15) is 25.5 Å². The third kappa shape index (κ3) is 1.49. The topological polar surface area (TPSA) is 69.0 Å². The van der Waals surface area contributed by atoms with Crippen molar-refractivity contribution in [2.45, 2.75) is 19.8 Å². The molecule has 1 radical (unpaired) electrons. The molecule has 0 saturated heterocycles. The van der Waals surface area contributed by atoms with Gasteiger partial charge in [-0.25, -0.2) is 10.1 Å². The number of rotatable bonds is 2. The highest BCUT2D eigenvalue weighted by atomic mass is 16.2. The average Bonchev–Trinajstić information content (AvgIpc) is 2.60. The van der Waals surface area contributed by atoms with Gasteiger partial charge in [-0.2, -0.15) is 0 Å². The molecule has 0 amide bonds. The van der Waals surface area contributed by atoms with Crippen LogP contribution in [-0.4, -0.2) is 9.55 Å². The molecule has 1 N–H and O–H groups in total. The van der Waals surface area contributed by atoms with E-state index in [1.54, 1.807) is 13.1 Å². The Bertz CT molecular complexity index is 537. The molecule has 1 aliphatic heterocycles. The van der Waals surface area contributed by atoms with Crippen molar-refractivity contribution in [2.24, 2.45) is 7.05 Å². The quantitative estimate of drug-likeness (QED) is 0.763. The summed E-state index contributed by atoms with van der Waals surface area (Å²) in [4.78, 5) is 25.0. The van der Waals surface area contributed by atoms with Gasteiger partial charge in [0.15, 0.2) is 5.69 Å². The molecule has 0 saturated carbocycles. The van der Waals surface area contributed by atoms with Crippen molar-refractivity contribution >= 4 is 11.8 Å². The standard InChI is InChI=1S/C10H12N3O2/c1-3-4-6-5-7-8(11-6)9(14)12-10(15)13(7)2/h5H,3-4H2,1-2H3,(H,12,14,15). The molecule has 0 aromatic carbocycles. The summed E-state index contributed by atoms with van der Waals surface area (Å²) in [5, 5.41) is 4.20. The summed E-state index contributed by atoms with van der Waals surface area (Å²) in [7, 11) is 1.62. The molecule has 0 bridgehead atoms. The van der Waals surface area contributed by atoms with E-state index in [0.29, 0.717) is 11.4 Å². The first-order chi connectivity index (χ1) is 7.13. The number of hydrogen-bond acceptors (Lipinski definition) is 2. The van der Waals surface area contributed by atoms with E-state index >= 15 is 0 Å². The maximum atomic E-state index is 11.4. The lowest BCUT2D eigenvalue weighted by molar-refractivity contribution is 0.783. The minimum Gasteiger partial charge on any atom is -0.295 e. The number of hydrogen-bond donors (Lipinski definition) is 1. The van der Waals surface area contributed by atoms with Gasteiger partial charge in [0.2, 0.25) is 0 Å². The lowest BCUT2D eigenvalue weighted by Gasteiger charge is -2.01. The third-order valence-electron chi connectivity index (χ3n) is 2.41. The molecule has 2 heterocycles. The van der Waals surface area contributed by atoms with Crippen molar-refractivity contribution in [3.8, 4) is 0 Å². The van der Waals surface area contributed by atoms with Crippen molar-refractivity contribution in [2.75, 3.05) is 0 Å². The minimum absolute atomic E-state index is 0.348. The number of nitrogens with one attached hydrogen (secondary N) is 1. The van der Waals surface area contributed by atoms with Crippen LogP contribution in [0, 0.1) is 0 Å². The maximum Gasteiger partial charge on any atom is 0.328 e. The van der Waals surface area contributed by atoms with E-state index < -0.39 is 11.2 Å². The van der Waals surface area contributed by atoms with Crippen LogP contribution >= 0.6 is 0 Å². The Morgan fingerprint density at radius 2 is 2.20 bits per heavy atom. The van der Waals surface area contributed by atoms with Gasteiger partial charge < -0.3 is 0 Å². The van der Waals surface area contributed by atoms with Crippen LogP contribution < -0.4 is 16.6 Å². The number of aromatic nitrogens is 2. The highest BCUT2D eigenvalue weighted by Crippen LogP contribution is 2.23. The number of H-pyrrole nitrogens is 1. The van der Waals surface area contributed by atoms with E-state index in [4.69, 9.17) is 0 Å². The second-order valence-corrected chi connectivity index (χ2v) is 3.55. The first-order valence-corrected chi connectivity index (χ1v) is 4.89. The summed E-state index contributed by atoms with van der Waals surface area (Å²) >= 11 is 0. The lowest BCUT2D eigenvalue weighted by Crippen LogP contribution is -2.30. The van der Waals surface area contributed by atoms with Crippen molar-refractivity contribution in [3.63, 3.8) is 0 Å². The number of nitrogens with zero attached hydrogens (tertiary/aromatic N) is 2. The molecule has 1 aromatic rings. The van der Waals surface area contributed by atoms with Crippen molar-refractivity contribution in [1.82, 2.24) is 14.9 Å². The van der Waals surface area contributed by atoms with Crippen LogP contribution in [0.15, 0.2) is 15.3 Å². The van der Waals surface area contributed by atoms with Gasteiger partial charge in [-0.05, 0) is 12.5 Å². The van der Waals surface area contributed by atoms with Crippen LogP contribution in [0.25, 0.3) is 6.08 Å². The SMILES string of the molecule is CCCC1=Cc2c(c(=O)[nH]c(=O)n2C)[N]1. The average molecular weight is 206 g/mol. The fourth-order valence-corrected chi connectivity index (χ4v) is 1.62. The molecule has 0 atom stereocenters. The first-order valence-electron chi connectivity index (χ1n) is 4.89. The van der Waals surface area contributed by atoms with Gasteiger partial charge in [0.25, 0.3) is 5.56 Å². The van der Waals surface area contributed by atoms with Gasteiger partial charge in [0.1, 0.15) is 0 Å². The molecule has 1 aliphatic rings. The van der Waals surface area contributed by atoms with Gasteiger partial charge in [0.05, 0.1) is 5.69 Å². The normalized spacial score (nSPS) is 13.3. The van der Waals surface area contributed by atoms with Crippen molar-refractivity contribution < 1.29 is 0 Å². The Balaban J connectivity index is 2.57. The summed E-state index contributed by atoms with van der Waals surface area (Å²) in [5.74, 6) is 0. The highest BCUT2D eigenvalue weighted by molar-refractivity contribution is 5.68. The van der Waals surface area contributed by atoms with E-state index in [2.05, 4.69) is 10.3 Å². The van der Waals surface area contributed by atoms with Crippen LogP contribution in [-0.2, 0) is 7.05 Å². The van der Waals surface area contributed by atoms with Crippen LogP contribution in [0.3, 0.4) is 0 Å². The molecular formula is C10H12N3O2. The Hall–Kier alpha value is -1.78. The summed E-state index contributed by atoms with van der Waals surface area (Å²) in [5.41, 5.74) is 1.00. The van der Waals surface area contributed by atoms with Crippen LogP contribution in [0.4, 0.5) is 5.69 Å². The monoisotopic (exact) mass is 206 g/mol. The lowest BCUT2D eigenvalue weighted by atomic mass is 10.2. The van der Waals surface area contributed by atoms with Crippen molar-refractivity contribution in [1.29, 1.82) is 0 Å². The zero-order valence-corrected chi connectivity index (χ0v) is 8.70. The van der Waals surface area contributed by atoms with Gasteiger partial charge in [-0.3, -0.25) is 14.3 Å². The van der Waals surface area contributed by atoms with E-state index in [9.17, 15) is 9.59 Å². The number of fused-ring (bicyclic) bond motifs is 1. The predicted octanol–water partition coefficient (Wildman–Crippen LogP) is 0.464. The fraction of sp³-hybridized carbons (Fsp3) is 0.400. The van der Waals surface area contributed by atoms with E-state index in [0.717, 1.165) is 18.5 Å². The van der Waals surface area contributed by atoms with Crippen LogP contribution in [0.2, 0.25) is 0 Å². The molecule has 79 valence electrons. The molecular weight excluding hydrogens is 194 g/mol. The fourth-order valence-electron chi connectivity index (χ4n) is 1.62. The molecule has 0 unspecified atom stereocenters. The molecule has 1 aromatic heterocycles. The first kappa shape index (κ1) is 9.76. The highest BCUT2D eigenvalue weighted by Gasteiger charge is 2.19. The Morgan fingerprint density at radius 3 is 2.87 bits per heavy atom. The smallest absolute Gasteiger partial charge is 0.295 e. The summed E-state index contributed by atoms with van der Waals surface area (Å²) in [6, 6.07) is 0. The third-order valence-corrected chi connectivity index (χ3v) is 2.41. The largest absolute Gasteiger partial charge is 0.328 e. The van der Waals surface area contributed by atoms with Gasteiger partial charge >= 0.3 is 5.69 Å². The van der Waals surface area contributed by atoms with E-state index in [-0.39, 0.29) is 0 Å². The zero-order chi connectivity index (χ0) is 11.0. The number of allylic oxidation sites excluding steroid dienone is 1. The van der Waals surface area contributed by atoms with Gasteiger partial charge in [0, 0.05) is 12.7 Å². The second kappa shape index (κ2) is 3.42. The summed E-state index contributed by atoms with van der Waals surface area (Å²) in [6.45, 7) is 2.04. The number of aromatic amines is 1.